The molecule has 1 aliphatic rings. The highest BCUT2D eigenvalue weighted by Crippen LogP contribution is 2.46. The van der Waals surface area contributed by atoms with E-state index in [0.29, 0.717) is 41.2 Å². The zero-order chi connectivity index (χ0) is 19.6. The number of anilines is 1. The first-order valence-corrected chi connectivity index (χ1v) is 10.1. The number of aromatic nitrogens is 2. The Balaban J connectivity index is 1.64. The molecule has 3 rings (SSSR count). The number of rotatable bonds is 7. The largest absolute Gasteiger partial charge is 0.462 e. The standard InChI is InChI=1S/C19H25N3O4S/c1-5-25-17(24)15-12(11-6-7-11)10-27-16(15)20-13(23)8-9-14-21-18(22-26-14)19(2,3)4/h10-11H,5-9H2,1-4H3,(H,20,23). The minimum absolute atomic E-state index is 0.194. The molecule has 0 atom stereocenters. The third-order valence-electron chi connectivity index (χ3n) is 4.27. The van der Waals surface area contributed by atoms with Gasteiger partial charge in [-0.3, -0.25) is 4.79 Å². The molecular weight excluding hydrogens is 366 g/mol. The van der Waals surface area contributed by atoms with Gasteiger partial charge in [-0.15, -0.1) is 11.3 Å². The van der Waals surface area contributed by atoms with Gasteiger partial charge in [0.15, 0.2) is 5.82 Å². The molecule has 0 aromatic carbocycles. The number of hydrogen-bond acceptors (Lipinski definition) is 7. The number of thiophene rings is 1. The fraction of sp³-hybridized carbons (Fsp3) is 0.579. The molecule has 7 nitrogen and oxygen atoms in total. The van der Waals surface area contributed by atoms with Gasteiger partial charge in [0.1, 0.15) is 5.00 Å². The predicted octanol–water partition coefficient (Wildman–Crippen LogP) is 4.05. The highest BCUT2D eigenvalue weighted by molar-refractivity contribution is 7.15. The van der Waals surface area contributed by atoms with Crippen molar-refractivity contribution < 1.29 is 18.8 Å². The molecule has 146 valence electrons. The third-order valence-corrected chi connectivity index (χ3v) is 5.19. The third kappa shape index (κ3) is 4.74. The average Bonchev–Trinajstić information content (AvgIpc) is 3.16. The maximum absolute atomic E-state index is 12.4. The van der Waals surface area contributed by atoms with Crippen LogP contribution in [0.2, 0.25) is 0 Å². The van der Waals surface area contributed by atoms with Gasteiger partial charge in [-0.1, -0.05) is 25.9 Å². The van der Waals surface area contributed by atoms with Crippen LogP contribution >= 0.6 is 11.3 Å². The number of nitrogens with zero attached hydrogens (tertiary/aromatic N) is 2. The molecule has 2 aromatic rings. The van der Waals surface area contributed by atoms with E-state index in [9.17, 15) is 9.59 Å². The van der Waals surface area contributed by atoms with Crippen molar-refractivity contribution in [1.82, 2.24) is 10.1 Å². The van der Waals surface area contributed by atoms with Crippen LogP contribution in [0.25, 0.3) is 0 Å². The summed E-state index contributed by atoms with van der Waals surface area (Å²) in [7, 11) is 0. The van der Waals surface area contributed by atoms with Crippen LogP contribution in [-0.4, -0.2) is 28.6 Å². The molecular formula is C19H25N3O4S. The van der Waals surface area contributed by atoms with Crippen molar-refractivity contribution in [3.63, 3.8) is 0 Å². The van der Waals surface area contributed by atoms with E-state index >= 15 is 0 Å². The molecule has 0 aliphatic heterocycles. The highest BCUT2D eigenvalue weighted by atomic mass is 32.1. The Labute approximate surface area is 162 Å². The van der Waals surface area contributed by atoms with Gasteiger partial charge < -0.3 is 14.6 Å². The van der Waals surface area contributed by atoms with Gasteiger partial charge in [0.2, 0.25) is 11.8 Å². The van der Waals surface area contributed by atoms with Crippen molar-refractivity contribution in [2.75, 3.05) is 11.9 Å². The van der Waals surface area contributed by atoms with E-state index in [-0.39, 0.29) is 23.7 Å². The van der Waals surface area contributed by atoms with Crippen LogP contribution in [0.1, 0.15) is 80.5 Å². The van der Waals surface area contributed by atoms with Gasteiger partial charge in [0.25, 0.3) is 0 Å². The summed E-state index contributed by atoms with van der Waals surface area (Å²) in [6.45, 7) is 8.08. The molecule has 8 heteroatoms. The van der Waals surface area contributed by atoms with Crippen LogP contribution in [0, 0.1) is 0 Å². The molecule has 1 N–H and O–H groups in total. The molecule has 0 saturated heterocycles. The summed E-state index contributed by atoms with van der Waals surface area (Å²) < 4.78 is 10.4. The van der Waals surface area contributed by atoms with Crippen LogP contribution in [-0.2, 0) is 21.4 Å². The molecule has 0 spiro atoms. The molecule has 0 unspecified atom stereocenters. The number of hydrogen-bond donors (Lipinski definition) is 1. The zero-order valence-electron chi connectivity index (χ0n) is 16.1. The first kappa shape index (κ1) is 19.5. The number of aryl methyl sites for hydroxylation is 1. The normalized spacial score (nSPS) is 14.2. The predicted molar refractivity (Wildman–Crippen MR) is 102 cm³/mol. The van der Waals surface area contributed by atoms with Gasteiger partial charge in [0.05, 0.1) is 12.2 Å². The smallest absolute Gasteiger partial charge is 0.341 e. The van der Waals surface area contributed by atoms with Crippen molar-refractivity contribution in [2.24, 2.45) is 0 Å². The summed E-state index contributed by atoms with van der Waals surface area (Å²) in [5.74, 6) is 0.892. The van der Waals surface area contributed by atoms with E-state index < -0.39 is 0 Å². The topological polar surface area (TPSA) is 94.3 Å². The SMILES string of the molecule is CCOC(=O)c1c(C2CC2)csc1NC(=O)CCc1nc(C(C)(C)C)no1. The Morgan fingerprint density at radius 1 is 1.37 bits per heavy atom. The Hall–Kier alpha value is -2.22. The Kier molecular flexibility index (Phi) is 5.64. The molecule has 0 bridgehead atoms. The van der Waals surface area contributed by atoms with Crippen molar-refractivity contribution in [3.8, 4) is 0 Å². The van der Waals surface area contributed by atoms with E-state index in [0.717, 1.165) is 18.4 Å². The maximum atomic E-state index is 12.4. The lowest BCUT2D eigenvalue weighted by molar-refractivity contribution is -0.116. The summed E-state index contributed by atoms with van der Waals surface area (Å²) in [6, 6.07) is 0. The number of nitrogens with one attached hydrogen (secondary N) is 1. The quantitative estimate of drug-likeness (QED) is 0.716. The minimum Gasteiger partial charge on any atom is -0.462 e. The second kappa shape index (κ2) is 7.80. The summed E-state index contributed by atoms with van der Waals surface area (Å²) in [5.41, 5.74) is 1.29. The van der Waals surface area contributed by atoms with Crippen molar-refractivity contribution in [1.29, 1.82) is 0 Å². The van der Waals surface area contributed by atoms with Crippen LogP contribution in [0.15, 0.2) is 9.90 Å². The van der Waals surface area contributed by atoms with E-state index in [1.165, 1.54) is 11.3 Å². The number of esters is 1. The second-order valence-electron chi connectivity index (χ2n) is 7.70. The van der Waals surface area contributed by atoms with E-state index in [1.807, 2.05) is 26.2 Å². The minimum atomic E-state index is -0.373. The Morgan fingerprint density at radius 3 is 2.70 bits per heavy atom. The average molecular weight is 391 g/mol. The Bertz CT molecular complexity index is 830. The van der Waals surface area contributed by atoms with Crippen LogP contribution in [0.4, 0.5) is 5.00 Å². The maximum Gasteiger partial charge on any atom is 0.341 e. The highest BCUT2D eigenvalue weighted by Gasteiger charge is 2.32. The fourth-order valence-electron chi connectivity index (χ4n) is 2.64. The lowest BCUT2D eigenvalue weighted by Crippen LogP contribution is -2.16. The fourth-order valence-corrected chi connectivity index (χ4v) is 3.69. The molecule has 1 saturated carbocycles. The first-order valence-electron chi connectivity index (χ1n) is 9.21. The van der Waals surface area contributed by atoms with E-state index in [1.54, 1.807) is 6.92 Å². The molecule has 1 fully saturated rings. The summed E-state index contributed by atoms with van der Waals surface area (Å²) in [6.07, 6.45) is 2.70. The summed E-state index contributed by atoms with van der Waals surface area (Å²) >= 11 is 1.37. The molecule has 1 amide bonds. The van der Waals surface area contributed by atoms with Crippen LogP contribution in [0.3, 0.4) is 0 Å². The second-order valence-corrected chi connectivity index (χ2v) is 8.58. The first-order chi connectivity index (χ1) is 12.8. The van der Waals surface area contributed by atoms with Gasteiger partial charge in [0, 0.05) is 18.3 Å². The molecule has 2 aromatic heterocycles. The van der Waals surface area contributed by atoms with E-state index in [2.05, 4.69) is 15.5 Å². The molecule has 27 heavy (non-hydrogen) atoms. The monoisotopic (exact) mass is 391 g/mol. The number of carbonyl (C=O) groups is 2. The molecule has 2 heterocycles. The number of ether oxygens (including phenoxy) is 1. The van der Waals surface area contributed by atoms with Crippen molar-refractivity contribution in [3.05, 3.63) is 28.2 Å². The lowest BCUT2D eigenvalue weighted by atomic mass is 9.96. The van der Waals surface area contributed by atoms with Gasteiger partial charge in [-0.2, -0.15) is 4.98 Å². The molecule has 0 radical (unpaired) electrons. The lowest BCUT2D eigenvalue weighted by Gasteiger charge is -2.10. The molecule has 1 aliphatic carbocycles. The number of amides is 1. The zero-order valence-corrected chi connectivity index (χ0v) is 16.9. The van der Waals surface area contributed by atoms with Crippen molar-refractivity contribution in [2.45, 2.75) is 64.7 Å². The van der Waals surface area contributed by atoms with E-state index in [4.69, 9.17) is 9.26 Å². The summed E-state index contributed by atoms with van der Waals surface area (Å²) in [5, 5.41) is 9.32. The Morgan fingerprint density at radius 2 is 2.11 bits per heavy atom. The van der Waals surface area contributed by atoms with Crippen LogP contribution in [0.5, 0.6) is 0 Å². The van der Waals surface area contributed by atoms with Gasteiger partial charge in [-0.25, -0.2) is 4.79 Å². The van der Waals surface area contributed by atoms with Gasteiger partial charge in [-0.05, 0) is 36.6 Å². The summed E-state index contributed by atoms with van der Waals surface area (Å²) in [4.78, 5) is 29.0. The number of carbonyl (C=O) groups excluding carboxylic acids is 2. The van der Waals surface area contributed by atoms with Crippen LogP contribution < -0.4 is 5.32 Å². The van der Waals surface area contributed by atoms with Crippen molar-refractivity contribution >= 4 is 28.2 Å². The van der Waals surface area contributed by atoms with Gasteiger partial charge >= 0.3 is 5.97 Å².